The van der Waals surface area contributed by atoms with Gasteiger partial charge in [0.2, 0.25) is 21.1 Å². The molecule has 0 bridgehead atoms. The summed E-state index contributed by atoms with van der Waals surface area (Å²) in [5, 5.41) is 14.9. The monoisotopic (exact) mass is 497 g/mol. The van der Waals surface area contributed by atoms with Crippen molar-refractivity contribution in [2.24, 2.45) is 5.14 Å². The van der Waals surface area contributed by atoms with Crippen LogP contribution in [-0.2, 0) is 21.4 Å². The number of thioether (sulfide) groups is 1. The molecule has 1 heterocycles. The number of carbonyl (C=O) groups excluding carboxylic acids is 1. The number of primary sulfonamides is 1. The predicted molar refractivity (Wildman–Crippen MR) is 112 cm³/mol. The zero-order valence-electron chi connectivity index (χ0n) is 14.8. The van der Waals surface area contributed by atoms with Gasteiger partial charge in [0.25, 0.3) is 0 Å². The van der Waals surface area contributed by atoms with Gasteiger partial charge >= 0.3 is 0 Å². The molecule has 1 amide bonds. The fourth-order valence-corrected chi connectivity index (χ4v) is 3.54. The van der Waals surface area contributed by atoms with Gasteiger partial charge in [0.15, 0.2) is 5.82 Å². The molecule has 0 fully saturated rings. The van der Waals surface area contributed by atoms with Crippen LogP contribution in [0, 0.1) is 0 Å². The molecule has 9 nitrogen and oxygen atoms in total. The summed E-state index contributed by atoms with van der Waals surface area (Å²) in [7, 11) is -3.77. The van der Waals surface area contributed by atoms with E-state index in [4.69, 9.17) is 9.88 Å². The van der Waals surface area contributed by atoms with Crippen LogP contribution in [0.1, 0.15) is 5.82 Å². The number of nitrogens with zero attached hydrogens (tertiary/aromatic N) is 2. The first-order chi connectivity index (χ1) is 13.8. The summed E-state index contributed by atoms with van der Waals surface area (Å²) in [6.07, 6.45) is 0. The molecule has 12 heteroatoms. The average Bonchev–Trinajstić information content (AvgIpc) is 3.14. The van der Waals surface area contributed by atoms with E-state index in [9.17, 15) is 13.2 Å². The van der Waals surface area contributed by atoms with Crippen molar-refractivity contribution in [3.8, 4) is 5.75 Å². The molecule has 0 atom stereocenters. The Morgan fingerprint density at radius 3 is 2.52 bits per heavy atom. The lowest BCUT2D eigenvalue weighted by Gasteiger charge is -2.05. The highest BCUT2D eigenvalue weighted by atomic mass is 79.9. The van der Waals surface area contributed by atoms with Crippen molar-refractivity contribution < 1.29 is 17.9 Å². The Hall–Kier alpha value is -2.41. The van der Waals surface area contributed by atoms with Crippen LogP contribution in [-0.4, -0.2) is 35.3 Å². The Morgan fingerprint density at radius 2 is 1.86 bits per heavy atom. The lowest BCUT2D eigenvalue weighted by molar-refractivity contribution is -0.113. The maximum atomic E-state index is 12.0. The highest BCUT2D eigenvalue weighted by Gasteiger charge is 2.10. The lowest BCUT2D eigenvalue weighted by atomic mass is 10.3. The number of hydrogen-bond donors (Lipinski definition) is 3. The van der Waals surface area contributed by atoms with Gasteiger partial charge in [-0.05, 0) is 48.5 Å². The number of nitrogens with two attached hydrogens (primary N) is 1. The van der Waals surface area contributed by atoms with E-state index in [-0.39, 0.29) is 23.2 Å². The van der Waals surface area contributed by atoms with Crippen LogP contribution in [0.3, 0.4) is 0 Å². The zero-order chi connectivity index (χ0) is 20.9. The van der Waals surface area contributed by atoms with Gasteiger partial charge in [-0.25, -0.2) is 18.5 Å². The molecule has 0 saturated heterocycles. The molecule has 1 aromatic heterocycles. The van der Waals surface area contributed by atoms with Crippen molar-refractivity contribution in [1.29, 1.82) is 0 Å². The molecule has 0 aliphatic carbocycles. The number of aromatic amines is 1. The Bertz CT molecular complexity index is 1090. The number of rotatable bonds is 8. The maximum Gasteiger partial charge on any atom is 0.238 e. The van der Waals surface area contributed by atoms with Gasteiger partial charge in [0, 0.05) is 10.2 Å². The summed E-state index contributed by atoms with van der Waals surface area (Å²) in [6, 6.07) is 13.0. The van der Waals surface area contributed by atoms with Crippen LogP contribution >= 0.6 is 27.7 Å². The summed E-state index contributed by atoms with van der Waals surface area (Å²) in [4.78, 5) is 16.3. The van der Waals surface area contributed by atoms with E-state index in [0.29, 0.717) is 22.4 Å². The van der Waals surface area contributed by atoms with Gasteiger partial charge in [-0.15, -0.1) is 5.10 Å². The Kier molecular flexibility index (Phi) is 6.90. The van der Waals surface area contributed by atoms with Gasteiger partial charge in [0.05, 0.1) is 10.6 Å². The quantitative estimate of drug-likeness (QED) is 0.406. The molecule has 4 N–H and O–H groups in total. The molecule has 3 aromatic rings. The Morgan fingerprint density at radius 1 is 1.17 bits per heavy atom. The number of hydrogen-bond acceptors (Lipinski definition) is 7. The first-order valence-electron chi connectivity index (χ1n) is 8.15. The lowest BCUT2D eigenvalue weighted by Crippen LogP contribution is -2.15. The van der Waals surface area contributed by atoms with Crippen LogP contribution in [0.15, 0.2) is 63.1 Å². The number of halogens is 1. The number of sulfonamides is 1. The van der Waals surface area contributed by atoms with Crippen LogP contribution < -0.4 is 15.2 Å². The van der Waals surface area contributed by atoms with Crippen LogP contribution in [0.2, 0.25) is 0 Å². The second kappa shape index (κ2) is 9.39. The number of carbonyl (C=O) groups is 1. The van der Waals surface area contributed by atoms with Crippen molar-refractivity contribution in [2.75, 3.05) is 11.1 Å². The van der Waals surface area contributed by atoms with Crippen molar-refractivity contribution in [1.82, 2.24) is 15.2 Å². The topological polar surface area (TPSA) is 140 Å². The van der Waals surface area contributed by atoms with E-state index in [0.717, 1.165) is 16.2 Å². The SMILES string of the molecule is NS(=O)(=O)c1ccc(NC(=O)CSc2n[nH]c(COc3ccc(Br)cc3)n2)cc1. The van der Waals surface area contributed by atoms with Crippen molar-refractivity contribution in [2.45, 2.75) is 16.7 Å². The molecule has 0 spiro atoms. The van der Waals surface area contributed by atoms with Gasteiger partial charge in [0.1, 0.15) is 12.4 Å². The van der Waals surface area contributed by atoms with Crippen LogP contribution in [0.5, 0.6) is 5.75 Å². The first kappa shape index (κ1) is 21.3. The number of aromatic nitrogens is 3. The number of ether oxygens (including phenoxy) is 1. The maximum absolute atomic E-state index is 12.0. The second-order valence-electron chi connectivity index (χ2n) is 5.71. The summed E-state index contributed by atoms with van der Waals surface area (Å²) < 4.78 is 29.0. The number of anilines is 1. The van der Waals surface area contributed by atoms with E-state index < -0.39 is 10.0 Å². The minimum absolute atomic E-state index is 0.0246. The molecular weight excluding hydrogens is 482 g/mol. The van der Waals surface area contributed by atoms with E-state index in [2.05, 4.69) is 36.4 Å². The summed E-state index contributed by atoms with van der Waals surface area (Å²) in [5.41, 5.74) is 0.460. The molecule has 0 unspecified atom stereocenters. The highest BCUT2D eigenvalue weighted by Crippen LogP contribution is 2.18. The number of H-pyrrole nitrogens is 1. The van der Waals surface area contributed by atoms with Crippen molar-refractivity contribution in [3.63, 3.8) is 0 Å². The molecule has 0 saturated carbocycles. The fraction of sp³-hybridized carbons (Fsp3) is 0.118. The molecule has 0 aliphatic heterocycles. The molecule has 0 aliphatic rings. The summed E-state index contributed by atoms with van der Waals surface area (Å²) >= 11 is 4.51. The van der Waals surface area contributed by atoms with E-state index in [1.807, 2.05) is 24.3 Å². The second-order valence-corrected chi connectivity index (χ2v) is 9.13. The number of amides is 1. The largest absolute Gasteiger partial charge is 0.486 e. The third-order valence-electron chi connectivity index (χ3n) is 3.50. The summed E-state index contributed by atoms with van der Waals surface area (Å²) in [5.74, 6) is 1.04. The van der Waals surface area contributed by atoms with E-state index >= 15 is 0 Å². The van der Waals surface area contributed by atoms with Crippen molar-refractivity contribution in [3.05, 3.63) is 58.8 Å². The summed E-state index contributed by atoms with van der Waals surface area (Å²) in [6.45, 7) is 0.220. The zero-order valence-corrected chi connectivity index (χ0v) is 18.1. The Balaban J connectivity index is 1.46. The van der Waals surface area contributed by atoms with Gasteiger partial charge < -0.3 is 10.1 Å². The number of nitrogens with one attached hydrogen (secondary N) is 2. The molecular formula is C17H16BrN5O4S2. The molecule has 2 aromatic carbocycles. The van der Waals surface area contributed by atoms with Crippen molar-refractivity contribution >= 4 is 49.3 Å². The standard InChI is InChI=1S/C17H16BrN5O4S2/c18-11-1-5-13(6-2-11)27-9-15-21-17(23-22-15)28-10-16(24)20-12-3-7-14(8-4-12)29(19,25)26/h1-8H,9-10H2,(H,20,24)(H2,19,25,26)(H,21,22,23). The smallest absolute Gasteiger partial charge is 0.238 e. The van der Waals surface area contributed by atoms with E-state index in [1.54, 1.807) is 0 Å². The minimum Gasteiger partial charge on any atom is -0.486 e. The fourth-order valence-electron chi connectivity index (χ4n) is 2.14. The van der Waals surface area contributed by atoms with Gasteiger partial charge in [-0.2, -0.15) is 0 Å². The Labute approximate surface area is 179 Å². The normalized spacial score (nSPS) is 11.2. The third kappa shape index (κ3) is 6.56. The third-order valence-corrected chi connectivity index (χ3v) is 5.80. The predicted octanol–water partition coefficient (Wildman–Crippen LogP) is 2.52. The molecule has 3 rings (SSSR count). The first-order valence-corrected chi connectivity index (χ1v) is 11.5. The highest BCUT2D eigenvalue weighted by molar-refractivity contribution is 9.10. The van der Waals surface area contributed by atoms with Crippen LogP contribution in [0.4, 0.5) is 5.69 Å². The van der Waals surface area contributed by atoms with E-state index in [1.165, 1.54) is 24.3 Å². The molecule has 29 heavy (non-hydrogen) atoms. The van der Waals surface area contributed by atoms with Gasteiger partial charge in [-0.3, -0.25) is 9.89 Å². The van der Waals surface area contributed by atoms with Crippen LogP contribution in [0.25, 0.3) is 0 Å². The molecule has 0 radical (unpaired) electrons. The number of benzene rings is 2. The minimum atomic E-state index is -3.77. The van der Waals surface area contributed by atoms with Gasteiger partial charge in [-0.1, -0.05) is 27.7 Å². The molecule has 152 valence electrons. The average molecular weight is 498 g/mol.